The van der Waals surface area contributed by atoms with Crippen LogP contribution in [0.5, 0.6) is 0 Å². The summed E-state index contributed by atoms with van der Waals surface area (Å²) in [6.45, 7) is 0. The summed E-state index contributed by atoms with van der Waals surface area (Å²) >= 11 is 0. The highest BCUT2D eigenvalue weighted by Crippen LogP contribution is 2.10. The van der Waals surface area contributed by atoms with E-state index in [0.29, 0.717) is 5.56 Å². The molecule has 3 N–H and O–H groups in total. The molecule has 1 rings (SSSR count). The van der Waals surface area contributed by atoms with E-state index in [4.69, 9.17) is 5.84 Å². The van der Waals surface area contributed by atoms with E-state index in [-0.39, 0.29) is 11.5 Å². The van der Waals surface area contributed by atoms with Crippen LogP contribution in [0.1, 0.15) is 20.7 Å². The summed E-state index contributed by atoms with van der Waals surface area (Å²) in [5.41, 5.74) is 2.62. The maximum absolute atomic E-state index is 11.7. The van der Waals surface area contributed by atoms with Crippen molar-refractivity contribution in [3.05, 3.63) is 35.4 Å². The van der Waals surface area contributed by atoms with E-state index in [2.05, 4.69) is 0 Å². The maximum atomic E-state index is 11.7. The van der Waals surface area contributed by atoms with Gasteiger partial charge in [-0.1, -0.05) is 12.1 Å². The Kier molecular flexibility index (Phi) is 3.41. The molecule has 0 aliphatic rings. The number of rotatable bonds is 2. The lowest BCUT2D eigenvalue weighted by atomic mass is 10.1. The van der Waals surface area contributed by atoms with E-state index in [1.54, 1.807) is 38.4 Å². The van der Waals surface area contributed by atoms with Crippen LogP contribution < -0.4 is 11.3 Å². The minimum atomic E-state index is -0.471. The fourth-order valence-corrected chi connectivity index (χ4v) is 1.19. The van der Waals surface area contributed by atoms with E-state index in [1.807, 2.05) is 5.43 Å². The van der Waals surface area contributed by atoms with Crippen molar-refractivity contribution in [1.82, 2.24) is 10.3 Å². The van der Waals surface area contributed by atoms with E-state index >= 15 is 0 Å². The first-order valence-electron chi connectivity index (χ1n) is 4.39. The number of nitrogen functional groups attached to an aromatic ring is 1. The highest BCUT2D eigenvalue weighted by Gasteiger charge is 2.16. The SMILES string of the molecule is CN(C)C(=O)c1ccccc1C(=O)NN. The summed E-state index contributed by atoms with van der Waals surface area (Å²) < 4.78 is 0. The first-order chi connectivity index (χ1) is 7.07. The molecule has 0 saturated heterocycles. The Balaban J connectivity index is 3.18. The number of nitrogens with two attached hydrogens (primary N) is 1. The van der Waals surface area contributed by atoms with E-state index in [1.165, 1.54) is 4.90 Å². The maximum Gasteiger partial charge on any atom is 0.265 e. The first-order valence-corrected chi connectivity index (χ1v) is 4.39. The van der Waals surface area contributed by atoms with Gasteiger partial charge < -0.3 is 4.90 Å². The predicted molar refractivity (Wildman–Crippen MR) is 56.1 cm³/mol. The van der Waals surface area contributed by atoms with Gasteiger partial charge in [-0.2, -0.15) is 0 Å². The van der Waals surface area contributed by atoms with Gasteiger partial charge in [0.1, 0.15) is 0 Å². The average Bonchev–Trinajstić information content (AvgIpc) is 2.27. The molecule has 0 atom stereocenters. The average molecular weight is 207 g/mol. The quantitative estimate of drug-likeness (QED) is 0.407. The molecule has 5 heteroatoms. The van der Waals surface area contributed by atoms with Gasteiger partial charge in [-0.25, -0.2) is 5.84 Å². The van der Waals surface area contributed by atoms with Gasteiger partial charge >= 0.3 is 0 Å². The summed E-state index contributed by atoms with van der Waals surface area (Å²) in [7, 11) is 3.25. The number of carbonyl (C=O) groups excluding carboxylic acids is 2. The third-order valence-electron chi connectivity index (χ3n) is 1.94. The molecule has 0 unspecified atom stereocenters. The van der Waals surface area contributed by atoms with Gasteiger partial charge in [0.05, 0.1) is 11.1 Å². The molecule has 80 valence electrons. The van der Waals surface area contributed by atoms with E-state index in [9.17, 15) is 9.59 Å². The lowest BCUT2D eigenvalue weighted by molar-refractivity contribution is 0.0818. The molecule has 15 heavy (non-hydrogen) atoms. The normalized spacial score (nSPS) is 9.53. The van der Waals surface area contributed by atoms with Gasteiger partial charge in [0.25, 0.3) is 11.8 Å². The van der Waals surface area contributed by atoms with Crippen LogP contribution in [0.15, 0.2) is 24.3 Å². The second kappa shape index (κ2) is 4.56. The van der Waals surface area contributed by atoms with Crippen molar-refractivity contribution in [2.24, 2.45) is 5.84 Å². The van der Waals surface area contributed by atoms with Crippen LogP contribution in [0.25, 0.3) is 0 Å². The monoisotopic (exact) mass is 207 g/mol. The molecule has 0 aliphatic carbocycles. The third-order valence-corrected chi connectivity index (χ3v) is 1.94. The molecule has 2 amide bonds. The number of hydrogen-bond donors (Lipinski definition) is 2. The number of hydrazine groups is 1. The molecular formula is C10H13N3O2. The Morgan fingerprint density at radius 2 is 1.73 bits per heavy atom. The van der Waals surface area contributed by atoms with Crippen molar-refractivity contribution >= 4 is 11.8 Å². The predicted octanol–water partition coefficient (Wildman–Crippen LogP) is -0.00810. The van der Waals surface area contributed by atoms with E-state index < -0.39 is 5.91 Å². The number of carbonyl (C=O) groups is 2. The molecule has 0 heterocycles. The van der Waals surface area contributed by atoms with Gasteiger partial charge in [-0.15, -0.1) is 0 Å². The molecule has 0 radical (unpaired) electrons. The van der Waals surface area contributed by atoms with Crippen LogP contribution in [0.4, 0.5) is 0 Å². The Labute approximate surface area is 87.8 Å². The van der Waals surface area contributed by atoms with Crippen LogP contribution in [-0.2, 0) is 0 Å². The Bertz CT molecular complexity index is 388. The molecule has 0 bridgehead atoms. The fourth-order valence-electron chi connectivity index (χ4n) is 1.19. The van der Waals surface area contributed by atoms with Gasteiger partial charge in [0.2, 0.25) is 0 Å². The zero-order chi connectivity index (χ0) is 11.4. The van der Waals surface area contributed by atoms with E-state index in [0.717, 1.165) is 0 Å². The first kappa shape index (κ1) is 11.2. The molecule has 0 spiro atoms. The molecule has 0 fully saturated rings. The van der Waals surface area contributed by atoms with Crippen LogP contribution in [-0.4, -0.2) is 30.8 Å². The Morgan fingerprint density at radius 1 is 1.20 bits per heavy atom. The van der Waals surface area contributed by atoms with Gasteiger partial charge in [0.15, 0.2) is 0 Å². The number of benzene rings is 1. The number of amides is 2. The standard InChI is InChI=1S/C10H13N3O2/c1-13(2)10(15)8-6-4-3-5-7(8)9(14)12-11/h3-6H,11H2,1-2H3,(H,12,14). The smallest absolute Gasteiger partial charge is 0.265 e. The third kappa shape index (κ3) is 2.32. The van der Waals surface area contributed by atoms with Crippen molar-refractivity contribution in [2.45, 2.75) is 0 Å². The van der Waals surface area contributed by atoms with Crippen molar-refractivity contribution in [3.8, 4) is 0 Å². The van der Waals surface area contributed by atoms with Crippen LogP contribution in [0.3, 0.4) is 0 Å². The molecule has 1 aromatic rings. The minimum absolute atomic E-state index is 0.228. The molecule has 1 aromatic carbocycles. The second-order valence-electron chi connectivity index (χ2n) is 3.22. The zero-order valence-electron chi connectivity index (χ0n) is 8.65. The molecule has 0 aromatic heterocycles. The summed E-state index contributed by atoms with van der Waals surface area (Å²) in [4.78, 5) is 24.5. The lowest BCUT2D eigenvalue weighted by Crippen LogP contribution is -2.32. The van der Waals surface area contributed by atoms with Crippen molar-refractivity contribution in [2.75, 3.05) is 14.1 Å². The van der Waals surface area contributed by atoms with Crippen LogP contribution in [0, 0.1) is 0 Å². The molecule has 0 saturated carbocycles. The van der Waals surface area contributed by atoms with Crippen molar-refractivity contribution in [3.63, 3.8) is 0 Å². The number of nitrogens with one attached hydrogen (secondary N) is 1. The van der Waals surface area contributed by atoms with Gasteiger partial charge in [-0.05, 0) is 12.1 Å². The summed E-state index contributed by atoms with van der Waals surface area (Å²) in [5.74, 6) is 4.33. The highest BCUT2D eigenvalue weighted by molar-refractivity contribution is 6.06. The largest absolute Gasteiger partial charge is 0.345 e. The second-order valence-corrected chi connectivity index (χ2v) is 3.22. The molecular weight excluding hydrogens is 194 g/mol. The summed E-state index contributed by atoms with van der Waals surface area (Å²) in [5, 5.41) is 0. The number of hydrogen-bond acceptors (Lipinski definition) is 3. The van der Waals surface area contributed by atoms with Crippen molar-refractivity contribution < 1.29 is 9.59 Å². The Morgan fingerprint density at radius 3 is 2.20 bits per heavy atom. The summed E-state index contributed by atoms with van der Waals surface area (Å²) in [6.07, 6.45) is 0. The molecule has 0 aliphatic heterocycles. The zero-order valence-corrected chi connectivity index (χ0v) is 8.65. The fraction of sp³-hybridized carbons (Fsp3) is 0.200. The van der Waals surface area contributed by atoms with Crippen LogP contribution in [0.2, 0.25) is 0 Å². The van der Waals surface area contributed by atoms with Gasteiger partial charge in [-0.3, -0.25) is 15.0 Å². The van der Waals surface area contributed by atoms with Crippen LogP contribution >= 0.6 is 0 Å². The summed E-state index contributed by atoms with van der Waals surface area (Å²) in [6, 6.07) is 6.52. The molecule has 5 nitrogen and oxygen atoms in total. The van der Waals surface area contributed by atoms with Gasteiger partial charge in [0, 0.05) is 14.1 Å². The minimum Gasteiger partial charge on any atom is -0.345 e. The highest BCUT2D eigenvalue weighted by atomic mass is 16.2. The van der Waals surface area contributed by atoms with Crippen molar-refractivity contribution in [1.29, 1.82) is 0 Å². The topological polar surface area (TPSA) is 75.4 Å². The number of nitrogens with zero attached hydrogens (tertiary/aromatic N) is 1. The Hall–Kier alpha value is -1.88. The lowest BCUT2D eigenvalue weighted by Gasteiger charge is -2.12.